The van der Waals surface area contributed by atoms with Crippen molar-refractivity contribution in [1.82, 2.24) is 0 Å². The fourth-order valence-electron chi connectivity index (χ4n) is 20.9. The number of furan rings is 2. The van der Waals surface area contributed by atoms with Crippen molar-refractivity contribution in [3.63, 3.8) is 0 Å². The van der Waals surface area contributed by atoms with Crippen LogP contribution in [0.25, 0.3) is 196 Å². The Kier molecular flexibility index (Phi) is 19.9. The first kappa shape index (κ1) is 79.3. The highest BCUT2D eigenvalue weighted by molar-refractivity contribution is 6.27. The maximum atomic E-state index is 6.31. The van der Waals surface area contributed by atoms with Crippen LogP contribution in [0.1, 0.15) is 0 Å². The lowest BCUT2D eigenvalue weighted by molar-refractivity contribution is 0.668. The van der Waals surface area contributed by atoms with Crippen molar-refractivity contribution in [2.75, 3.05) is 14.7 Å². The molecule has 0 aliphatic carbocycles. The highest BCUT2D eigenvalue weighted by Gasteiger charge is 2.26. The van der Waals surface area contributed by atoms with Gasteiger partial charge in [-0.2, -0.15) is 0 Å². The molecule has 0 N–H and O–H groups in total. The summed E-state index contributed by atoms with van der Waals surface area (Å²) in [7, 11) is 0. The van der Waals surface area contributed by atoms with E-state index in [9.17, 15) is 0 Å². The van der Waals surface area contributed by atoms with Crippen LogP contribution in [-0.2, 0) is 0 Å². The van der Waals surface area contributed by atoms with Crippen molar-refractivity contribution in [1.29, 1.82) is 0 Å². The number of nitrogens with zero attached hydrogens (tertiary/aromatic N) is 3. The van der Waals surface area contributed by atoms with Crippen LogP contribution >= 0.6 is 0 Å². The third kappa shape index (κ3) is 14.2. The molecular formula is C130H85N3O2. The van der Waals surface area contributed by atoms with Gasteiger partial charge < -0.3 is 23.5 Å². The van der Waals surface area contributed by atoms with Gasteiger partial charge in [0.2, 0.25) is 0 Å². The maximum Gasteiger partial charge on any atom is 0.137 e. The van der Waals surface area contributed by atoms with Crippen LogP contribution in [0.2, 0.25) is 0 Å². The quantitative estimate of drug-likeness (QED) is 0.108. The van der Waals surface area contributed by atoms with Gasteiger partial charge in [0.25, 0.3) is 0 Å². The van der Waals surface area contributed by atoms with Crippen LogP contribution in [0.5, 0.6) is 0 Å². The van der Waals surface area contributed by atoms with Crippen LogP contribution in [0.15, 0.2) is 524 Å². The van der Waals surface area contributed by atoms with E-state index in [1.54, 1.807) is 0 Å². The average Bonchev–Trinajstić information content (AvgIpc) is 1.34. The lowest BCUT2D eigenvalue weighted by Crippen LogP contribution is -2.09. The average molecular weight is 1720 g/mol. The van der Waals surface area contributed by atoms with Gasteiger partial charge in [-0.15, -0.1) is 0 Å². The summed E-state index contributed by atoms with van der Waals surface area (Å²) < 4.78 is 12.5. The topological polar surface area (TPSA) is 36.0 Å². The monoisotopic (exact) mass is 1720 g/mol. The number of hydrogen-bond donors (Lipinski definition) is 0. The summed E-state index contributed by atoms with van der Waals surface area (Å²) >= 11 is 0. The number of para-hydroxylation sites is 6. The first-order valence-corrected chi connectivity index (χ1v) is 46.2. The first-order chi connectivity index (χ1) is 67.0. The number of fused-ring (bicyclic) bond motifs is 21. The summed E-state index contributed by atoms with van der Waals surface area (Å²) in [5.74, 6) is 0. The van der Waals surface area contributed by atoms with Gasteiger partial charge in [0.1, 0.15) is 22.3 Å². The molecule has 0 aliphatic heterocycles. The van der Waals surface area contributed by atoms with Crippen LogP contribution in [-0.4, -0.2) is 0 Å². The summed E-state index contributed by atoms with van der Waals surface area (Å²) in [6, 6.07) is 185. The van der Waals surface area contributed by atoms with Gasteiger partial charge >= 0.3 is 0 Å². The molecule has 135 heavy (non-hydrogen) atoms. The van der Waals surface area contributed by atoms with Crippen LogP contribution in [0, 0.1) is 0 Å². The molecule has 0 aliphatic rings. The fraction of sp³-hybridized carbons (Fsp3) is 0. The van der Waals surface area contributed by atoms with Gasteiger partial charge in [-0.1, -0.05) is 370 Å². The molecule has 25 aromatic carbocycles. The van der Waals surface area contributed by atoms with Crippen molar-refractivity contribution in [3.8, 4) is 44.5 Å². The minimum absolute atomic E-state index is 0.871. The zero-order chi connectivity index (χ0) is 89.2. The minimum Gasteiger partial charge on any atom is -0.456 e. The second kappa shape index (κ2) is 33.9. The molecule has 632 valence electrons. The molecule has 0 atom stereocenters. The SMILES string of the molecule is c1ccc(N(c2ccccc2)c2ccc(-c3c(-c4cc5ccccc5c5ccccc45)c4ccccc4c4ccccc34)cc2)cc1.c1ccc(N(c2ccccc2)c2ccc(-c3c(-c4ccc5c(ccc6ccccc65)c4)c4ccccc4c4ccccc34)cc2)cc1.c1ccc2c(c1)ccc1cc(N(c3ccc4c(c3)oc3ccccc34)c3ccc4oc5ccccc5c4c3)ccc12. The van der Waals surface area contributed by atoms with Crippen molar-refractivity contribution >= 4 is 203 Å². The lowest BCUT2D eigenvalue weighted by Gasteiger charge is -2.26. The minimum atomic E-state index is 0.871. The van der Waals surface area contributed by atoms with E-state index in [1.165, 1.54) is 152 Å². The Balaban J connectivity index is 0.000000108. The molecule has 5 nitrogen and oxygen atoms in total. The standard InChI is InChI=1S/2C46H31N.C38H23NO2/c1-3-14-36(15-4-1)47(37-16-5-2-6-17-37)38-28-25-33(26-29-38)45-43-21-11-9-19-41(43)42-20-10-12-22-44(42)46(45)35-27-30-40-34(31-35)24-23-32-13-7-8-18-39(32)40;1-3-16-34(17-4-1)47(35-18-5-2-6-19-35)36-29-27-32(28-30-36)45-42-25-13-11-22-39(42)40-23-12-14-26-43(40)46(45)44-31-33-15-7-8-20-37(33)38-21-9-10-24-41(38)44;1-2-8-29-24(7-1)13-14-25-21-26(15-18-30(25)29)39(27-17-20-37-34(22-27)32-10-4-6-12-36(32)40-37)28-16-19-33-31-9-3-5-11-35(31)41-38(33)23-28/h2*1-31H;1-23H. The molecule has 0 fully saturated rings. The summed E-state index contributed by atoms with van der Waals surface area (Å²) in [5, 5.41) is 29.7. The van der Waals surface area contributed by atoms with E-state index in [0.717, 1.165) is 95.1 Å². The Bertz CT molecular complexity index is 9170. The molecule has 0 spiro atoms. The van der Waals surface area contributed by atoms with Gasteiger partial charge in [-0.3, -0.25) is 0 Å². The zero-order valence-corrected chi connectivity index (χ0v) is 73.7. The van der Waals surface area contributed by atoms with E-state index in [4.69, 9.17) is 8.83 Å². The Morgan fingerprint density at radius 3 is 0.859 bits per heavy atom. The summed E-state index contributed by atoms with van der Waals surface area (Å²) in [6.07, 6.45) is 0. The second-order valence-electron chi connectivity index (χ2n) is 34.8. The zero-order valence-electron chi connectivity index (χ0n) is 73.7. The Labute approximate surface area is 781 Å². The fourth-order valence-corrected chi connectivity index (χ4v) is 20.9. The smallest absolute Gasteiger partial charge is 0.137 e. The molecule has 2 aromatic heterocycles. The first-order valence-electron chi connectivity index (χ1n) is 46.2. The molecule has 5 heteroatoms. The second-order valence-corrected chi connectivity index (χ2v) is 34.8. The molecule has 27 aromatic rings. The molecule has 0 bridgehead atoms. The van der Waals surface area contributed by atoms with Crippen molar-refractivity contribution in [2.24, 2.45) is 0 Å². The van der Waals surface area contributed by atoms with E-state index in [2.05, 4.69) is 506 Å². The van der Waals surface area contributed by atoms with E-state index in [0.29, 0.717) is 0 Å². The summed E-state index contributed by atoms with van der Waals surface area (Å²) in [5.41, 5.74) is 23.4. The lowest BCUT2D eigenvalue weighted by atomic mass is 9.82. The van der Waals surface area contributed by atoms with Gasteiger partial charge in [-0.05, 0) is 292 Å². The molecule has 0 saturated carbocycles. The van der Waals surface area contributed by atoms with E-state index in [1.807, 2.05) is 24.3 Å². The van der Waals surface area contributed by atoms with Crippen LogP contribution < -0.4 is 14.7 Å². The Morgan fingerprint density at radius 2 is 0.378 bits per heavy atom. The van der Waals surface area contributed by atoms with Crippen molar-refractivity contribution < 1.29 is 8.83 Å². The Morgan fingerprint density at radius 1 is 0.119 bits per heavy atom. The molecule has 27 rings (SSSR count). The highest BCUT2D eigenvalue weighted by atomic mass is 16.3. The number of hydrogen-bond acceptors (Lipinski definition) is 5. The van der Waals surface area contributed by atoms with E-state index < -0.39 is 0 Å². The number of benzene rings is 25. The number of rotatable bonds is 13. The van der Waals surface area contributed by atoms with E-state index >= 15 is 0 Å². The third-order valence-electron chi connectivity index (χ3n) is 27.0. The van der Waals surface area contributed by atoms with E-state index in [-0.39, 0.29) is 0 Å². The highest BCUT2D eigenvalue weighted by Crippen LogP contribution is 2.52. The molecule has 0 radical (unpaired) electrons. The van der Waals surface area contributed by atoms with Gasteiger partial charge in [-0.25, -0.2) is 0 Å². The molecule has 0 unspecified atom stereocenters. The molecule has 0 saturated heterocycles. The van der Waals surface area contributed by atoms with Gasteiger partial charge in [0, 0.05) is 78.8 Å². The molecule has 2 heterocycles. The normalized spacial score (nSPS) is 11.6. The summed E-state index contributed by atoms with van der Waals surface area (Å²) in [6.45, 7) is 0. The van der Waals surface area contributed by atoms with Crippen molar-refractivity contribution in [2.45, 2.75) is 0 Å². The van der Waals surface area contributed by atoms with Crippen LogP contribution in [0.3, 0.4) is 0 Å². The number of anilines is 9. The third-order valence-corrected chi connectivity index (χ3v) is 27.0. The van der Waals surface area contributed by atoms with Gasteiger partial charge in [0.05, 0.1) is 0 Å². The largest absolute Gasteiger partial charge is 0.456 e. The Hall–Kier alpha value is -17.9. The molecule has 0 amide bonds. The van der Waals surface area contributed by atoms with Crippen molar-refractivity contribution in [3.05, 3.63) is 516 Å². The van der Waals surface area contributed by atoms with Crippen LogP contribution in [0.4, 0.5) is 51.2 Å². The predicted octanol–water partition coefficient (Wildman–Crippen LogP) is 37.5. The molecular weight excluding hydrogens is 1640 g/mol. The van der Waals surface area contributed by atoms with Gasteiger partial charge in [0.15, 0.2) is 0 Å². The maximum absolute atomic E-state index is 6.31. The predicted molar refractivity (Wildman–Crippen MR) is 575 cm³/mol. The summed E-state index contributed by atoms with van der Waals surface area (Å²) in [4.78, 5) is 6.94.